The zero-order valence-electron chi connectivity index (χ0n) is 20.8. The Bertz CT molecular complexity index is 1450. The van der Waals surface area contributed by atoms with Crippen LogP contribution in [0.4, 0.5) is 0 Å². The van der Waals surface area contributed by atoms with Gasteiger partial charge >= 0.3 is 5.97 Å². The first-order valence-electron chi connectivity index (χ1n) is 11.7. The smallest absolute Gasteiger partial charge is 0.305 e. The number of rotatable bonds is 8. The molecule has 0 aliphatic carbocycles. The number of pyridine rings is 1. The highest BCUT2D eigenvalue weighted by Gasteiger charge is 2.19. The highest BCUT2D eigenvalue weighted by atomic mass is 16.5. The fourth-order valence-electron chi connectivity index (χ4n) is 4.07. The van der Waals surface area contributed by atoms with Crippen LogP contribution in [-0.2, 0) is 9.53 Å². The van der Waals surface area contributed by atoms with E-state index in [0.717, 1.165) is 22.5 Å². The summed E-state index contributed by atoms with van der Waals surface area (Å²) >= 11 is 0. The van der Waals surface area contributed by atoms with Gasteiger partial charge in [0.15, 0.2) is 11.4 Å². The zero-order valence-corrected chi connectivity index (χ0v) is 20.8. The number of ether oxygens (including phenoxy) is 2. The molecule has 0 saturated carbocycles. The molecule has 0 atom stereocenters. The molecular formula is C27H30N4O4. The minimum atomic E-state index is -0.251. The summed E-state index contributed by atoms with van der Waals surface area (Å²) in [6.07, 6.45) is 2.46. The van der Waals surface area contributed by atoms with Gasteiger partial charge in [0.1, 0.15) is 5.69 Å². The first-order valence-corrected chi connectivity index (χ1v) is 11.7. The van der Waals surface area contributed by atoms with Crippen LogP contribution in [0.2, 0.25) is 0 Å². The fraction of sp³-hybridized carbons (Fsp3) is 0.333. The minimum absolute atomic E-state index is 0.213. The molecule has 0 bridgehead atoms. The SMILES string of the molecule is CCOC(=O)CCCOc1cccn2c(=O)c(-c3cc(C)n(-c4cc(C)ccc4C)n3)c(C)nc12. The monoisotopic (exact) mass is 474 g/mol. The molecule has 0 spiro atoms. The Morgan fingerprint density at radius 1 is 1.09 bits per heavy atom. The molecule has 0 fully saturated rings. The van der Waals surface area contributed by atoms with Crippen LogP contribution in [0.5, 0.6) is 5.75 Å². The molecule has 3 aromatic heterocycles. The van der Waals surface area contributed by atoms with Gasteiger partial charge in [-0.05, 0) is 76.4 Å². The lowest BCUT2D eigenvalue weighted by molar-refractivity contribution is -0.143. The van der Waals surface area contributed by atoms with Crippen LogP contribution in [0.1, 0.15) is 42.3 Å². The summed E-state index contributed by atoms with van der Waals surface area (Å²) in [6, 6.07) is 11.6. The van der Waals surface area contributed by atoms with Crippen molar-refractivity contribution in [1.82, 2.24) is 19.2 Å². The highest BCUT2D eigenvalue weighted by molar-refractivity contribution is 5.69. The largest absolute Gasteiger partial charge is 0.490 e. The van der Waals surface area contributed by atoms with Crippen molar-refractivity contribution in [2.45, 2.75) is 47.5 Å². The normalized spacial score (nSPS) is 11.1. The lowest BCUT2D eigenvalue weighted by Gasteiger charge is -2.12. The van der Waals surface area contributed by atoms with Gasteiger partial charge < -0.3 is 9.47 Å². The van der Waals surface area contributed by atoms with E-state index < -0.39 is 0 Å². The van der Waals surface area contributed by atoms with Gasteiger partial charge in [0.05, 0.1) is 30.2 Å². The van der Waals surface area contributed by atoms with E-state index in [9.17, 15) is 9.59 Å². The van der Waals surface area contributed by atoms with Crippen molar-refractivity contribution in [3.05, 3.63) is 75.5 Å². The Hall–Kier alpha value is -3.94. The van der Waals surface area contributed by atoms with Crippen LogP contribution in [0.3, 0.4) is 0 Å². The van der Waals surface area contributed by atoms with Crippen molar-refractivity contribution in [3.8, 4) is 22.7 Å². The first-order chi connectivity index (χ1) is 16.8. The summed E-state index contributed by atoms with van der Waals surface area (Å²) in [5, 5.41) is 4.78. The van der Waals surface area contributed by atoms with Crippen molar-refractivity contribution in [2.24, 2.45) is 0 Å². The number of benzene rings is 1. The lowest BCUT2D eigenvalue weighted by atomic mass is 10.1. The van der Waals surface area contributed by atoms with Gasteiger partial charge in [-0.3, -0.25) is 14.0 Å². The number of hydrogen-bond donors (Lipinski definition) is 0. The molecule has 0 N–H and O–H groups in total. The number of esters is 1. The van der Waals surface area contributed by atoms with Crippen LogP contribution in [-0.4, -0.2) is 38.3 Å². The molecule has 35 heavy (non-hydrogen) atoms. The predicted molar refractivity (Wildman–Crippen MR) is 134 cm³/mol. The van der Waals surface area contributed by atoms with Crippen molar-refractivity contribution in [1.29, 1.82) is 0 Å². The molecule has 1 aromatic carbocycles. The quantitative estimate of drug-likeness (QED) is 0.276. The number of carbonyl (C=O) groups is 1. The molecule has 0 radical (unpaired) electrons. The molecule has 8 nitrogen and oxygen atoms in total. The summed E-state index contributed by atoms with van der Waals surface area (Å²) in [6.45, 7) is 10.3. The second kappa shape index (κ2) is 10.1. The summed E-state index contributed by atoms with van der Waals surface area (Å²) in [7, 11) is 0. The summed E-state index contributed by atoms with van der Waals surface area (Å²) in [5.74, 6) is 0.236. The molecule has 0 amide bonds. The fourth-order valence-corrected chi connectivity index (χ4v) is 4.07. The summed E-state index contributed by atoms with van der Waals surface area (Å²) in [4.78, 5) is 29.8. The van der Waals surface area contributed by atoms with Crippen LogP contribution in [0.15, 0.2) is 47.4 Å². The number of aromatic nitrogens is 4. The summed E-state index contributed by atoms with van der Waals surface area (Å²) < 4.78 is 14.2. The Morgan fingerprint density at radius 2 is 1.89 bits per heavy atom. The first kappa shape index (κ1) is 24.2. The topological polar surface area (TPSA) is 87.7 Å². The summed E-state index contributed by atoms with van der Waals surface area (Å²) in [5.41, 5.74) is 5.97. The molecular weight excluding hydrogens is 444 g/mol. The second-order valence-electron chi connectivity index (χ2n) is 8.57. The van der Waals surface area contributed by atoms with E-state index >= 15 is 0 Å². The molecule has 0 saturated heterocycles. The van der Waals surface area contributed by atoms with Gasteiger partial charge in [-0.25, -0.2) is 9.67 Å². The van der Waals surface area contributed by atoms with Crippen LogP contribution >= 0.6 is 0 Å². The predicted octanol–water partition coefficient (Wildman–Crippen LogP) is 4.50. The number of fused-ring (bicyclic) bond motifs is 1. The van der Waals surface area contributed by atoms with E-state index in [2.05, 4.69) is 18.2 Å². The van der Waals surface area contributed by atoms with Crippen molar-refractivity contribution >= 4 is 11.6 Å². The average molecular weight is 475 g/mol. The number of hydrogen-bond acceptors (Lipinski definition) is 6. The zero-order chi connectivity index (χ0) is 25.1. The van der Waals surface area contributed by atoms with Gasteiger partial charge in [0, 0.05) is 18.3 Å². The Balaban J connectivity index is 1.68. The molecule has 182 valence electrons. The van der Waals surface area contributed by atoms with Crippen LogP contribution in [0.25, 0.3) is 22.6 Å². The maximum absolute atomic E-state index is 13.5. The lowest BCUT2D eigenvalue weighted by Crippen LogP contribution is -2.20. The molecule has 3 heterocycles. The van der Waals surface area contributed by atoms with Gasteiger partial charge in [0.2, 0.25) is 0 Å². The number of carbonyl (C=O) groups excluding carboxylic acids is 1. The number of nitrogens with zero attached hydrogens (tertiary/aromatic N) is 4. The molecule has 4 rings (SSSR count). The Labute approximate surface area is 204 Å². The molecule has 0 aliphatic rings. The van der Waals surface area contributed by atoms with E-state index in [1.807, 2.05) is 31.5 Å². The average Bonchev–Trinajstić information content (AvgIpc) is 3.19. The van der Waals surface area contributed by atoms with Crippen molar-refractivity contribution in [2.75, 3.05) is 13.2 Å². The Morgan fingerprint density at radius 3 is 2.66 bits per heavy atom. The van der Waals surface area contributed by atoms with Gasteiger partial charge in [-0.2, -0.15) is 5.10 Å². The molecule has 8 heteroatoms. The molecule has 4 aromatic rings. The maximum Gasteiger partial charge on any atom is 0.305 e. The van der Waals surface area contributed by atoms with E-state index in [4.69, 9.17) is 19.6 Å². The van der Waals surface area contributed by atoms with Gasteiger partial charge in [-0.1, -0.05) is 12.1 Å². The van der Waals surface area contributed by atoms with E-state index in [-0.39, 0.29) is 17.9 Å². The van der Waals surface area contributed by atoms with Crippen molar-refractivity contribution in [3.63, 3.8) is 0 Å². The highest BCUT2D eigenvalue weighted by Crippen LogP contribution is 2.25. The third-order valence-corrected chi connectivity index (χ3v) is 5.82. The Kier molecular flexibility index (Phi) is 7.00. The molecule has 0 unspecified atom stereocenters. The third-order valence-electron chi connectivity index (χ3n) is 5.82. The van der Waals surface area contributed by atoms with Crippen LogP contribution < -0.4 is 10.3 Å². The second-order valence-corrected chi connectivity index (χ2v) is 8.57. The van der Waals surface area contributed by atoms with E-state index in [1.54, 1.807) is 32.2 Å². The minimum Gasteiger partial charge on any atom is -0.490 e. The van der Waals surface area contributed by atoms with Gasteiger partial charge in [0.25, 0.3) is 5.56 Å². The molecule has 0 aliphatic heterocycles. The van der Waals surface area contributed by atoms with E-state index in [1.165, 1.54) is 4.40 Å². The number of aryl methyl sites for hydroxylation is 4. The maximum atomic E-state index is 13.5. The van der Waals surface area contributed by atoms with Gasteiger partial charge in [-0.15, -0.1) is 0 Å². The standard InChI is InChI=1S/C27H30N4O4/c1-6-34-24(32)10-8-14-35-23-9-7-13-30-26(23)28-20(5)25(27(30)33)21-16-19(4)31(29-21)22-15-17(2)11-12-18(22)3/h7,9,11-13,15-16H,6,8,10,14H2,1-5H3. The van der Waals surface area contributed by atoms with E-state index in [0.29, 0.717) is 48.0 Å². The van der Waals surface area contributed by atoms with Crippen LogP contribution in [0, 0.1) is 27.7 Å². The third kappa shape index (κ3) is 4.96. The van der Waals surface area contributed by atoms with Crippen molar-refractivity contribution < 1.29 is 14.3 Å².